The molecule has 0 aromatic heterocycles. The molecule has 7 nitrogen and oxygen atoms in total. The molecule has 0 heterocycles. The van der Waals surface area contributed by atoms with E-state index >= 15 is 0 Å². The molecule has 0 spiro atoms. The van der Waals surface area contributed by atoms with Crippen LogP contribution in [0.4, 0.5) is 0 Å². The van der Waals surface area contributed by atoms with Gasteiger partial charge < -0.3 is 14.6 Å². The van der Waals surface area contributed by atoms with Crippen molar-refractivity contribution in [2.24, 2.45) is 0 Å². The Balaban J connectivity index is 3.37. The van der Waals surface area contributed by atoms with Crippen molar-refractivity contribution in [3.05, 3.63) is 11.6 Å². The van der Waals surface area contributed by atoms with Crippen LogP contribution in [0.5, 0.6) is 0 Å². The Morgan fingerprint density at radius 2 is 1.72 bits per heavy atom. The molecule has 0 radical (unpaired) electrons. The first-order chi connectivity index (χ1) is 8.33. The van der Waals surface area contributed by atoms with E-state index in [1.807, 2.05) is 0 Å². The summed E-state index contributed by atoms with van der Waals surface area (Å²) < 4.78 is 39.0. The minimum atomic E-state index is -3.97. The molecule has 0 aliphatic rings. The smallest absolute Gasteiger partial charge is 0.330 e. The monoisotopic (exact) mass is 282 g/mol. The summed E-state index contributed by atoms with van der Waals surface area (Å²) in [6, 6.07) is 0. The Morgan fingerprint density at radius 1 is 1.17 bits per heavy atom. The van der Waals surface area contributed by atoms with Crippen LogP contribution in [0.25, 0.3) is 0 Å². The van der Waals surface area contributed by atoms with Gasteiger partial charge in [0.1, 0.15) is 0 Å². The third-order valence-electron chi connectivity index (χ3n) is 1.91. The highest BCUT2D eigenvalue weighted by Crippen LogP contribution is 1.95. The summed E-state index contributed by atoms with van der Waals surface area (Å²) in [5.41, 5.74) is 0.267. The summed E-state index contributed by atoms with van der Waals surface area (Å²) >= 11 is 0. The predicted octanol–water partition coefficient (Wildman–Crippen LogP) is 0.328. The van der Waals surface area contributed by atoms with Gasteiger partial charge in [0.05, 0.1) is 32.2 Å². The maximum absolute atomic E-state index is 10.4. The first-order valence-electron chi connectivity index (χ1n) is 5.33. The normalized spacial score (nSPS) is 12.7. The van der Waals surface area contributed by atoms with Crippen LogP contribution in [0.1, 0.15) is 13.3 Å². The number of carbonyl (C=O) groups is 1. The Kier molecular flexibility index (Phi) is 8.55. The molecule has 0 aromatic carbocycles. The molecule has 0 saturated carbocycles. The van der Waals surface area contributed by atoms with E-state index in [0.717, 1.165) is 0 Å². The number of hydrogen-bond donors (Lipinski definition) is 2. The molecule has 2 N–H and O–H groups in total. The number of carboxylic acids is 1. The van der Waals surface area contributed by atoms with Crippen molar-refractivity contribution in [3.8, 4) is 0 Å². The van der Waals surface area contributed by atoms with Gasteiger partial charge >= 0.3 is 5.97 Å². The van der Waals surface area contributed by atoms with E-state index in [0.29, 0.717) is 13.0 Å². The number of carboxylic acid groups (broad SMARTS) is 1. The van der Waals surface area contributed by atoms with Crippen molar-refractivity contribution >= 4 is 16.1 Å². The molecule has 0 aromatic rings. The van der Waals surface area contributed by atoms with Crippen LogP contribution in [0.2, 0.25) is 0 Å². The zero-order valence-electron chi connectivity index (χ0n) is 10.2. The Labute approximate surface area is 106 Å². The van der Waals surface area contributed by atoms with Crippen LogP contribution in [-0.4, -0.2) is 56.2 Å². The average Bonchev–Trinajstić information content (AvgIpc) is 2.24. The van der Waals surface area contributed by atoms with Crippen LogP contribution in [0, 0.1) is 0 Å². The van der Waals surface area contributed by atoms with Gasteiger partial charge in [0.15, 0.2) is 0 Å². The number of ether oxygens (including phenoxy) is 2. The minimum Gasteiger partial charge on any atom is -0.478 e. The lowest BCUT2D eigenvalue weighted by atomic mass is 10.2. The van der Waals surface area contributed by atoms with E-state index in [9.17, 15) is 13.2 Å². The van der Waals surface area contributed by atoms with E-state index in [4.69, 9.17) is 19.1 Å². The van der Waals surface area contributed by atoms with Crippen molar-refractivity contribution in [2.75, 3.05) is 32.2 Å². The van der Waals surface area contributed by atoms with Crippen LogP contribution in [0.15, 0.2) is 11.6 Å². The van der Waals surface area contributed by atoms with Gasteiger partial charge in [-0.1, -0.05) is 6.08 Å². The molecule has 0 aliphatic carbocycles. The standard InChI is InChI=1S/C10H18O7S/c1-9(10(11)12)3-2-4-16-5-6-17-7-8-18(13,14)15/h3H,2,4-8H2,1H3,(H,11,12)(H,13,14,15). The number of hydrogen-bond acceptors (Lipinski definition) is 5. The molecular weight excluding hydrogens is 264 g/mol. The van der Waals surface area contributed by atoms with E-state index < -0.39 is 21.8 Å². The summed E-state index contributed by atoms with van der Waals surface area (Å²) in [7, 11) is -3.97. The molecular formula is C10H18O7S. The van der Waals surface area contributed by atoms with Gasteiger partial charge in [-0.05, 0) is 13.3 Å². The minimum absolute atomic E-state index is 0.0831. The maximum Gasteiger partial charge on any atom is 0.330 e. The van der Waals surface area contributed by atoms with Gasteiger partial charge in [-0.3, -0.25) is 4.55 Å². The maximum atomic E-state index is 10.4. The second-order valence-electron chi connectivity index (χ2n) is 3.49. The zero-order valence-corrected chi connectivity index (χ0v) is 11.0. The fourth-order valence-electron chi connectivity index (χ4n) is 0.932. The molecule has 18 heavy (non-hydrogen) atoms. The Bertz CT molecular complexity index is 372. The summed E-state index contributed by atoms with van der Waals surface area (Å²) in [6.07, 6.45) is 2.05. The molecule has 8 heteroatoms. The fourth-order valence-corrected chi connectivity index (χ4v) is 1.26. The highest BCUT2D eigenvalue weighted by Gasteiger charge is 2.03. The number of rotatable bonds is 10. The van der Waals surface area contributed by atoms with Gasteiger partial charge in [-0.15, -0.1) is 0 Å². The van der Waals surface area contributed by atoms with E-state index in [-0.39, 0.29) is 25.4 Å². The van der Waals surface area contributed by atoms with Gasteiger partial charge in [0.2, 0.25) is 0 Å². The predicted molar refractivity (Wildman–Crippen MR) is 64.1 cm³/mol. The SMILES string of the molecule is CC(=CCCOCCOCCS(=O)(=O)O)C(=O)O. The van der Waals surface area contributed by atoms with Gasteiger partial charge in [0.25, 0.3) is 10.1 Å². The molecule has 0 aliphatic heterocycles. The molecule has 0 rings (SSSR count). The molecule has 0 atom stereocenters. The highest BCUT2D eigenvalue weighted by molar-refractivity contribution is 7.85. The molecule has 0 unspecified atom stereocenters. The Hall–Kier alpha value is -0.960. The van der Waals surface area contributed by atoms with Crippen molar-refractivity contribution in [3.63, 3.8) is 0 Å². The summed E-state index contributed by atoms with van der Waals surface area (Å²) in [4.78, 5) is 10.4. The third-order valence-corrected chi connectivity index (χ3v) is 2.59. The third kappa shape index (κ3) is 11.5. The van der Waals surface area contributed by atoms with E-state index in [1.54, 1.807) is 6.08 Å². The lowest BCUT2D eigenvalue weighted by Crippen LogP contribution is -2.13. The summed E-state index contributed by atoms with van der Waals surface area (Å²) in [5.74, 6) is -1.39. The molecule has 0 fully saturated rings. The fraction of sp³-hybridized carbons (Fsp3) is 0.700. The Morgan fingerprint density at radius 3 is 2.22 bits per heavy atom. The van der Waals surface area contributed by atoms with Gasteiger partial charge in [-0.2, -0.15) is 8.42 Å². The quantitative estimate of drug-likeness (QED) is 0.337. The number of aliphatic carboxylic acids is 1. The zero-order chi connectivity index (χ0) is 14.0. The van der Waals surface area contributed by atoms with Crippen molar-refractivity contribution in [2.45, 2.75) is 13.3 Å². The van der Waals surface area contributed by atoms with E-state index in [1.165, 1.54) is 6.92 Å². The van der Waals surface area contributed by atoms with Crippen molar-refractivity contribution in [1.29, 1.82) is 0 Å². The van der Waals surface area contributed by atoms with Crippen LogP contribution >= 0.6 is 0 Å². The lowest BCUT2D eigenvalue weighted by molar-refractivity contribution is -0.132. The molecule has 106 valence electrons. The van der Waals surface area contributed by atoms with Crippen LogP contribution < -0.4 is 0 Å². The van der Waals surface area contributed by atoms with Gasteiger partial charge in [-0.25, -0.2) is 4.79 Å². The van der Waals surface area contributed by atoms with Gasteiger partial charge in [0, 0.05) is 5.57 Å². The topological polar surface area (TPSA) is 110 Å². The largest absolute Gasteiger partial charge is 0.478 e. The van der Waals surface area contributed by atoms with Crippen molar-refractivity contribution in [1.82, 2.24) is 0 Å². The van der Waals surface area contributed by atoms with Crippen LogP contribution in [0.3, 0.4) is 0 Å². The molecule has 0 bridgehead atoms. The van der Waals surface area contributed by atoms with E-state index in [2.05, 4.69) is 0 Å². The lowest BCUT2D eigenvalue weighted by Gasteiger charge is -2.04. The molecule has 0 amide bonds. The highest BCUT2D eigenvalue weighted by atomic mass is 32.2. The van der Waals surface area contributed by atoms with Crippen molar-refractivity contribution < 1.29 is 32.3 Å². The first kappa shape index (κ1) is 17.0. The first-order valence-corrected chi connectivity index (χ1v) is 6.94. The summed E-state index contributed by atoms with van der Waals surface area (Å²) in [6.45, 7) is 2.29. The second kappa shape index (κ2) is 9.03. The average molecular weight is 282 g/mol. The second-order valence-corrected chi connectivity index (χ2v) is 5.06. The molecule has 0 saturated heterocycles. The summed E-state index contributed by atoms with van der Waals surface area (Å²) in [5, 5.41) is 8.55. The van der Waals surface area contributed by atoms with Crippen LogP contribution in [-0.2, 0) is 24.4 Å².